The first-order valence-electron chi connectivity index (χ1n) is 10.1. The topological polar surface area (TPSA) is 53.0 Å². The normalized spacial score (nSPS) is 15.9. The second-order valence-electron chi connectivity index (χ2n) is 7.63. The molecule has 0 fully saturated rings. The summed E-state index contributed by atoms with van der Waals surface area (Å²) in [4.78, 5) is 28.0. The molecular weight excluding hydrogens is 451 g/mol. The second kappa shape index (κ2) is 9.19. The fourth-order valence-corrected chi connectivity index (χ4v) is 4.36. The van der Waals surface area contributed by atoms with Gasteiger partial charge in [-0.25, -0.2) is 5.01 Å². The third-order valence-electron chi connectivity index (χ3n) is 5.33. The van der Waals surface area contributed by atoms with E-state index in [1.54, 1.807) is 0 Å². The van der Waals surface area contributed by atoms with Gasteiger partial charge in [-0.15, -0.1) is 11.3 Å². The van der Waals surface area contributed by atoms with Gasteiger partial charge in [0.05, 0.1) is 22.2 Å². The number of rotatable bonds is 5. The van der Waals surface area contributed by atoms with Gasteiger partial charge in [0, 0.05) is 19.0 Å². The van der Waals surface area contributed by atoms with Crippen molar-refractivity contribution < 1.29 is 22.8 Å². The van der Waals surface area contributed by atoms with E-state index in [1.165, 1.54) is 28.3 Å². The SMILES string of the molecule is CN(CC(=O)N1N=C(c2cccs2)C[C@@H]1c1ccccc1)C(=O)c1ccc(C(F)(F)F)cc1. The molecule has 1 atom stereocenters. The summed E-state index contributed by atoms with van der Waals surface area (Å²) in [5.41, 5.74) is 0.958. The molecule has 2 amide bonds. The highest BCUT2D eigenvalue weighted by Crippen LogP contribution is 2.34. The second-order valence-corrected chi connectivity index (χ2v) is 8.58. The quantitative estimate of drug-likeness (QED) is 0.513. The third kappa shape index (κ3) is 4.98. The van der Waals surface area contributed by atoms with Gasteiger partial charge in [0.15, 0.2) is 0 Å². The molecule has 0 aliphatic carbocycles. The van der Waals surface area contributed by atoms with E-state index >= 15 is 0 Å². The van der Waals surface area contributed by atoms with Crippen LogP contribution in [0.3, 0.4) is 0 Å². The standard InChI is InChI=1S/C24H20F3N3O2S/c1-29(23(32)17-9-11-18(12-10-17)24(25,26)27)15-22(31)30-20(16-6-3-2-4-7-16)14-19(28-30)21-8-5-13-33-21/h2-13,20H,14-15H2,1H3/t20-/m1/s1. The van der Waals surface area contributed by atoms with Gasteiger partial charge in [-0.05, 0) is 41.3 Å². The van der Waals surface area contributed by atoms with E-state index in [4.69, 9.17) is 0 Å². The van der Waals surface area contributed by atoms with Gasteiger partial charge in [-0.1, -0.05) is 36.4 Å². The van der Waals surface area contributed by atoms with Gasteiger partial charge < -0.3 is 4.90 Å². The first-order chi connectivity index (χ1) is 15.7. The molecule has 2 heterocycles. The Hall–Kier alpha value is -3.46. The van der Waals surface area contributed by atoms with Crippen molar-refractivity contribution in [3.05, 3.63) is 93.7 Å². The number of amides is 2. The van der Waals surface area contributed by atoms with Gasteiger partial charge in [0.1, 0.15) is 6.54 Å². The van der Waals surface area contributed by atoms with E-state index in [0.717, 1.165) is 40.4 Å². The lowest BCUT2D eigenvalue weighted by atomic mass is 10.0. The Morgan fingerprint density at radius 3 is 2.36 bits per heavy atom. The summed E-state index contributed by atoms with van der Waals surface area (Å²) >= 11 is 1.54. The van der Waals surface area contributed by atoms with E-state index in [2.05, 4.69) is 5.10 Å². The molecule has 0 saturated carbocycles. The van der Waals surface area contributed by atoms with E-state index in [-0.39, 0.29) is 24.1 Å². The van der Waals surface area contributed by atoms with Crippen LogP contribution in [0.2, 0.25) is 0 Å². The minimum Gasteiger partial charge on any atom is -0.332 e. The molecule has 1 aliphatic rings. The molecule has 9 heteroatoms. The first kappa shape index (κ1) is 22.7. The lowest BCUT2D eigenvalue weighted by Crippen LogP contribution is -2.39. The number of thiophene rings is 1. The van der Waals surface area contributed by atoms with Crippen molar-refractivity contribution in [2.45, 2.75) is 18.6 Å². The molecule has 2 aromatic carbocycles. The predicted octanol–water partition coefficient (Wildman–Crippen LogP) is 5.22. The first-order valence-corrected chi connectivity index (χ1v) is 11.0. The number of alkyl halides is 3. The lowest BCUT2D eigenvalue weighted by Gasteiger charge is -2.25. The molecule has 0 spiro atoms. The Bertz CT molecular complexity index is 1160. The van der Waals surface area contributed by atoms with Gasteiger partial charge in [0.2, 0.25) is 0 Å². The van der Waals surface area contributed by atoms with Crippen LogP contribution in [0.4, 0.5) is 13.2 Å². The highest BCUT2D eigenvalue weighted by Gasteiger charge is 2.34. The van der Waals surface area contributed by atoms with E-state index in [0.29, 0.717) is 6.42 Å². The van der Waals surface area contributed by atoms with E-state index < -0.39 is 17.6 Å². The summed E-state index contributed by atoms with van der Waals surface area (Å²) < 4.78 is 38.3. The zero-order valence-corrected chi connectivity index (χ0v) is 18.4. The monoisotopic (exact) mass is 471 g/mol. The number of nitrogens with zero attached hydrogens (tertiary/aromatic N) is 3. The Kier molecular flexibility index (Phi) is 6.33. The van der Waals surface area contributed by atoms with Gasteiger partial charge >= 0.3 is 6.18 Å². The molecule has 0 unspecified atom stereocenters. The van der Waals surface area contributed by atoms with Crippen LogP contribution in [0.15, 0.2) is 77.2 Å². The van der Waals surface area contributed by atoms with Crippen LogP contribution in [-0.4, -0.2) is 41.0 Å². The largest absolute Gasteiger partial charge is 0.416 e. The molecule has 0 saturated heterocycles. The van der Waals surface area contributed by atoms with Crippen LogP contribution in [0.25, 0.3) is 0 Å². The van der Waals surface area contributed by atoms with Crippen LogP contribution in [0, 0.1) is 0 Å². The molecule has 170 valence electrons. The summed E-state index contributed by atoms with van der Waals surface area (Å²) in [7, 11) is 1.44. The van der Waals surface area contributed by atoms with Crippen molar-refractivity contribution in [3.63, 3.8) is 0 Å². The lowest BCUT2D eigenvalue weighted by molar-refractivity contribution is -0.137. The maximum Gasteiger partial charge on any atom is 0.416 e. The van der Waals surface area contributed by atoms with Gasteiger partial charge in [0.25, 0.3) is 11.8 Å². The Balaban J connectivity index is 1.51. The molecule has 1 aromatic heterocycles. The summed E-state index contributed by atoms with van der Waals surface area (Å²) in [5.74, 6) is -0.923. The van der Waals surface area contributed by atoms with Crippen LogP contribution in [-0.2, 0) is 11.0 Å². The molecule has 0 bridgehead atoms. The maximum atomic E-state index is 13.2. The van der Waals surface area contributed by atoms with Crippen molar-refractivity contribution in [2.24, 2.45) is 5.10 Å². The van der Waals surface area contributed by atoms with Gasteiger partial charge in [-0.2, -0.15) is 18.3 Å². The summed E-state index contributed by atoms with van der Waals surface area (Å²) in [6.07, 6.45) is -3.93. The third-order valence-corrected chi connectivity index (χ3v) is 6.25. The van der Waals surface area contributed by atoms with Crippen molar-refractivity contribution >= 4 is 28.9 Å². The number of hydrogen-bond acceptors (Lipinski definition) is 4. The van der Waals surface area contributed by atoms with Crippen LogP contribution >= 0.6 is 11.3 Å². The van der Waals surface area contributed by atoms with Crippen LogP contribution in [0.5, 0.6) is 0 Å². The molecule has 5 nitrogen and oxygen atoms in total. The maximum absolute atomic E-state index is 13.2. The Labute approximate surface area is 192 Å². The number of carbonyl (C=O) groups is 2. The highest BCUT2D eigenvalue weighted by molar-refractivity contribution is 7.12. The van der Waals surface area contributed by atoms with Crippen LogP contribution < -0.4 is 0 Å². The predicted molar refractivity (Wildman–Crippen MR) is 120 cm³/mol. The zero-order valence-electron chi connectivity index (χ0n) is 17.6. The zero-order chi connectivity index (χ0) is 23.6. The molecule has 1 aliphatic heterocycles. The van der Waals surface area contributed by atoms with E-state index in [1.807, 2.05) is 47.8 Å². The van der Waals surface area contributed by atoms with Crippen molar-refractivity contribution in [1.29, 1.82) is 0 Å². The smallest absolute Gasteiger partial charge is 0.332 e. The summed E-state index contributed by atoms with van der Waals surface area (Å²) in [6.45, 7) is -0.260. The number of benzene rings is 2. The van der Waals surface area contributed by atoms with Crippen molar-refractivity contribution in [2.75, 3.05) is 13.6 Å². The van der Waals surface area contributed by atoms with Crippen molar-refractivity contribution in [3.8, 4) is 0 Å². The molecule has 33 heavy (non-hydrogen) atoms. The molecular formula is C24H20F3N3O2S. The molecule has 0 N–H and O–H groups in total. The number of likely N-dealkylation sites (N-methyl/N-ethyl adjacent to an activating group) is 1. The fraction of sp³-hybridized carbons (Fsp3) is 0.208. The van der Waals surface area contributed by atoms with E-state index in [9.17, 15) is 22.8 Å². The number of hydrogen-bond donors (Lipinski definition) is 0. The minimum absolute atomic E-state index is 0.0714. The molecule has 3 aromatic rings. The summed E-state index contributed by atoms with van der Waals surface area (Å²) in [5, 5.41) is 7.90. The van der Waals surface area contributed by atoms with Crippen LogP contribution in [0.1, 0.15) is 38.8 Å². The average molecular weight is 472 g/mol. The molecule has 0 radical (unpaired) electrons. The van der Waals surface area contributed by atoms with Crippen molar-refractivity contribution in [1.82, 2.24) is 9.91 Å². The average Bonchev–Trinajstić information content (AvgIpc) is 3.49. The minimum atomic E-state index is -4.48. The number of halogens is 3. The number of carbonyl (C=O) groups excluding carboxylic acids is 2. The fourth-order valence-electron chi connectivity index (χ4n) is 3.64. The highest BCUT2D eigenvalue weighted by atomic mass is 32.1. The Morgan fingerprint density at radius 1 is 1.06 bits per heavy atom. The molecule has 4 rings (SSSR count). The number of hydrazone groups is 1. The van der Waals surface area contributed by atoms with Gasteiger partial charge in [-0.3, -0.25) is 9.59 Å². The Morgan fingerprint density at radius 2 is 1.76 bits per heavy atom. The summed E-state index contributed by atoms with van der Waals surface area (Å²) in [6, 6.07) is 17.0.